The summed E-state index contributed by atoms with van der Waals surface area (Å²) in [6.45, 7) is 0. The lowest BCUT2D eigenvalue weighted by molar-refractivity contribution is -0.137. The highest BCUT2D eigenvalue weighted by Gasteiger charge is 2.35. The van der Waals surface area contributed by atoms with Crippen LogP contribution in [0, 0.1) is 0 Å². The number of halogens is 4. The van der Waals surface area contributed by atoms with Gasteiger partial charge in [-0.15, -0.1) is 11.3 Å². The molecule has 10 heteroatoms. The normalized spacial score (nSPS) is 11.2. The molecule has 2 amide bonds. The Balaban J connectivity index is 2.22. The molecule has 0 saturated heterocycles. The van der Waals surface area contributed by atoms with E-state index in [0.717, 1.165) is 5.38 Å². The Hall–Kier alpha value is -2.13. The molecule has 2 aromatic rings. The number of rotatable bonds is 3. The molecule has 0 spiro atoms. The highest BCUT2D eigenvalue weighted by molar-refractivity contribution is 7.10. The van der Waals surface area contributed by atoms with Crippen molar-refractivity contribution in [2.45, 2.75) is 6.18 Å². The zero-order valence-corrected chi connectivity index (χ0v) is 14.0. The first-order valence-corrected chi connectivity index (χ1v) is 7.70. The summed E-state index contributed by atoms with van der Waals surface area (Å²) in [5, 5.41) is 2.50. The summed E-state index contributed by atoms with van der Waals surface area (Å²) in [4.78, 5) is 28.5. The van der Waals surface area contributed by atoms with Gasteiger partial charge >= 0.3 is 6.18 Å². The molecule has 0 aliphatic rings. The van der Waals surface area contributed by atoms with Gasteiger partial charge in [-0.2, -0.15) is 13.2 Å². The summed E-state index contributed by atoms with van der Waals surface area (Å²) >= 11 is 6.28. The van der Waals surface area contributed by atoms with Crippen LogP contribution in [-0.4, -0.2) is 35.8 Å². The van der Waals surface area contributed by atoms with Gasteiger partial charge in [0, 0.05) is 25.2 Å². The van der Waals surface area contributed by atoms with Crippen LogP contribution in [0.15, 0.2) is 23.6 Å². The summed E-state index contributed by atoms with van der Waals surface area (Å²) in [5.74, 6) is -1.18. The maximum absolute atomic E-state index is 12.5. The minimum atomic E-state index is -4.60. The standard InChI is InChI=1S/C14H11ClF3N3O2S/c1-21(2)12(23)8-5-7(3-4-9(8)15)19-11(22)10-6-24-13(20-10)14(16,17)18/h3-6H,1-2H3,(H,19,22). The average molecular weight is 378 g/mol. The van der Waals surface area contributed by atoms with Crippen LogP contribution >= 0.6 is 22.9 Å². The molecule has 0 saturated carbocycles. The molecule has 0 aliphatic heterocycles. The van der Waals surface area contributed by atoms with Crippen LogP contribution in [0.25, 0.3) is 0 Å². The number of nitrogens with one attached hydrogen (secondary N) is 1. The molecule has 0 bridgehead atoms. The summed E-state index contributed by atoms with van der Waals surface area (Å²) in [6.07, 6.45) is -4.60. The van der Waals surface area contributed by atoms with Crippen LogP contribution in [0.3, 0.4) is 0 Å². The van der Waals surface area contributed by atoms with Crippen molar-refractivity contribution in [1.29, 1.82) is 0 Å². The minimum Gasteiger partial charge on any atom is -0.345 e. The zero-order valence-electron chi connectivity index (χ0n) is 12.4. The largest absolute Gasteiger partial charge is 0.443 e. The highest BCUT2D eigenvalue weighted by Crippen LogP contribution is 2.31. The van der Waals surface area contributed by atoms with Crippen LogP contribution in [0.1, 0.15) is 25.9 Å². The predicted octanol–water partition coefficient (Wildman–Crippen LogP) is 3.77. The Morgan fingerprint density at radius 2 is 1.96 bits per heavy atom. The number of thiazole rings is 1. The molecule has 1 aromatic carbocycles. The second-order valence-electron chi connectivity index (χ2n) is 4.88. The summed E-state index contributed by atoms with van der Waals surface area (Å²) in [5.41, 5.74) is 0.0210. The molecule has 24 heavy (non-hydrogen) atoms. The fourth-order valence-corrected chi connectivity index (χ4v) is 2.58. The monoisotopic (exact) mass is 377 g/mol. The van der Waals surface area contributed by atoms with Gasteiger partial charge in [-0.05, 0) is 18.2 Å². The number of carbonyl (C=O) groups excluding carboxylic acids is 2. The van der Waals surface area contributed by atoms with Crippen molar-refractivity contribution in [2.24, 2.45) is 0 Å². The summed E-state index contributed by atoms with van der Waals surface area (Å²) in [7, 11) is 3.08. The first kappa shape index (κ1) is 18.2. The number of hydrogen-bond donors (Lipinski definition) is 1. The number of carbonyl (C=O) groups is 2. The van der Waals surface area contributed by atoms with E-state index >= 15 is 0 Å². The topological polar surface area (TPSA) is 62.3 Å². The molecule has 1 N–H and O–H groups in total. The van der Waals surface area contributed by atoms with Crippen molar-refractivity contribution in [3.8, 4) is 0 Å². The maximum atomic E-state index is 12.5. The van der Waals surface area contributed by atoms with Gasteiger partial charge in [0.05, 0.1) is 10.6 Å². The second kappa shape index (κ2) is 6.78. The molecule has 0 fully saturated rings. The molecule has 0 unspecified atom stereocenters. The highest BCUT2D eigenvalue weighted by atomic mass is 35.5. The van der Waals surface area contributed by atoms with Crippen LogP contribution in [0.2, 0.25) is 5.02 Å². The number of amides is 2. The van der Waals surface area contributed by atoms with E-state index in [9.17, 15) is 22.8 Å². The first-order chi connectivity index (χ1) is 11.1. The number of benzene rings is 1. The van der Waals surface area contributed by atoms with Gasteiger partial charge in [0.1, 0.15) is 5.69 Å². The molecule has 1 aromatic heterocycles. The predicted molar refractivity (Wildman–Crippen MR) is 84.5 cm³/mol. The molecule has 0 radical (unpaired) electrons. The van der Waals surface area contributed by atoms with Crippen molar-refractivity contribution in [3.05, 3.63) is 44.9 Å². The Bertz CT molecular complexity index is 790. The fourth-order valence-electron chi connectivity index (χ4n) is 1.71. The number of hydrogen-bond acceptors (Lipinski definition) is 4. The molecule has 0 atom stereocenters. The maximum Gasteiger partial charge on any atom is 0.443 e. The van der Waals surface area contributed by atoms with E-state index in [1.54, 1.807) is 0 Å². The van der Waals surface area contributed by atoms with E-state index < -0.39 is 17.1 Å². The average Bonchev–Trinajstić information content (AvgIpc) is 2.98. The van der Waals surface area contributed by atoms with Crippen molar-refractivity contribution < 1.29 is 22.8 Å². The number of anilines is 1. The lowest BCUT2D eigenvalue weighted by Gasteiger charge is -2.13. The van der Waals surface area contributed by atoms with Crippen LogP contribution in [-0.2, 0) is 6.18 Å². The lowest BCUT2D eigenvalue weighted by atomic mass is 10.1. The molecule has 0 aliphatic carbocycles. The van der Waals surface area contributed by atoms with E-state index in [-0.39, 0.29) is 27.9 Å². The van der Waals surface area contributed by atoms with Gasteiger partial charge in [0.25, 0.3) is 11.8 Å². The van der Waals surface area contributed by atoms with Crippen LogP contribution < -0.4 is 5.32 Å². The van der Waals surface area contributed by atoms with E-state index in [1.807, 2.05) is 0 Å². The second-order valence-corrected chi connectivity index (χ2v) is 6.15. The number of aromatic nitrogens is 1. The summed E-state index contributed by atoms with van der Waals surface area (Å²) in [6, 6.07) is 4.19. The Morgan fingerprint density at radius 3 is 2.50 bits per heavy atom. The Morgan fingerprint density at radius 1 is 1.29 bits per heavy atom. The van der Waals surface area contributed by atoms with Gasteiger partial charge in [-0.1, -0.05) is 11.6 Å². The van der Waals surface area contributed by atoms with E-state index in [4.69, 9.17) is 11.6 Å². The smallest absolute Gasteiger partial charge is 0.345 e. The van der Waals surface area contributed by atoms with Crippen LogP contribution in [0.4, 0.5) is 18.9 Å². The molecule has 128 valence electrons. The zero-order chi connectivity index (χ0) is 18.1. The van der Waals surface area contributed by atoms with Crippen molar-refractivity contribution in [1.82, 2.24) is 9.88 Å². The van der Waals surface area contributed by atoms with E-state index in [2.05, 4.69) is 10.3 Å². The summed E-state index contributed by atoms with van der Waals surface area (Å²) < 4.78 is 37.5. The van der Waals surface area contributed by atoms with Gasteiger partial charge < -0.3 is 10.2 Å². The van der Waals surface area contributed by atoms with Gasteiger partial charge in [0.2, 0.25) is 0 Å². The van der Waals surface area contributed by atoms with Crippen molar-refractivity contribution in [3.63, 3.8) is 0 Å². The van der Waals surface area contributed by atoms with Crippen molar-refractivity contribution in [2.75, 3.05) is 19.4 Å². The van der Waals surface area contributed by atoms with Crippen LogP contribution in [0.5, 0.6) is 0 Å². The first-order valence-electron chi connectivity index (χ1n) is 6.45. The van der Waals surface area contributed by atoms with E-state index in [0.29, 0.717) is 11.3 Å². The lowest BCUT2D eigenvalue weighted by Crippen LogP contribution is -2.22. The minimum absolute atomic E-state index is 0.161. The fraction of sp³-hybridized carbons (Fsp3) is 0.214. The molecule has 2 rings (SSSR count). The molecular formula is C14H11ClF3N3O2S. The van der Waals surface area contributed by atoms with Gasteiger partial charge in [0.15, 0.2) is 5.01 Å². The molecule has 1 heterocycles. The third kappa shape index (κ3) is 4.04. The Kier molecular flexibility index (Phi) is 5.14. The van der Waals surface area contributed by atoms with E-state index in [1.165, 1.54) is 37.2 Å². The van der Waals surface area contributed by atoms with Gasteiger partial charge in [-0.3, -0.25) is 9.59 Å². The third-order valence-corrected chi connectivity index (χ3v) is 4.06. The third-order valence-electron chi connectivity index (χ3n) is 2.84. The van der Waals surface area contributed by atoms with Gasteiger partial charge in [-0.25, -0.2) is 4.98 Å². The number of nitrogens with zero attached hydrogens (tertiary/aromatic N) is 2. The quantitative estimate of drug-likeness (QED) is 0.885. The van der Waals surface area contributed by atoms with Crippen molar-refractivity contribution >= 4 is 40.4 Å². The Labute approximate surface area is 144 Å². The molecular weight excluding hydrogens is 367 g/mol. The SMILES string of the molecule is CN(C)C(=O)c1cc(NC(=O)c2csc(C(F)(F)F)n2)ccc1Cl. The number of alkyl halides is 3. The molecule has 5 nitrogen and oxygen atoms in total.